The van der Waals surface area contributed by atoms with Crippen LogP contribution in [0.3, 0.4) is 0 Å². The van der Waals surface area contributed by atoms with E-state index in [1.165, 1.54) is 0 Å². The summed E-state index contributed by atoms with van der Waals surface area (Å²) in [5.41, 5.74) is -3.90. The number of nitrogens with zero attached hydrogens (tertiary/aromatic N) is 2. The van der Waals surface area contributed by atoms with Crippen molar-refractivity contribution in [1.82, 2.24) is 9.78 Å². The van der Waals surface area contributed by atoms with Gasteiger partial charge in [0.25, 0.3) is 6.43 Å². The van der Waals surface area contributed by atoms with E-state index in [4.69, 9.17) is 0 Å². The van der Waals surface area contributed by atoms with Crippen LogP contribution in [0.1, 0.15) is 67.2 Å². The van der Waals surface area contributed by atoms with Gasteiger partial charge in [0, 0.05) is 24.8 Å². The minimum atomic E-state index is -2.99. The van der Waals surface area contributed by atoms with E-state index in [9.17, 15) is 26.7 Å². The number of hydrogen-bond acceptors (Lipinski definition) is 3. The molecule has 5 rings (SSSR count). The van der Waals surface area contributed by atoms with Gasteiger partial charge in [0.1, 0.15) is 5.67 Å². The molecule has 4 aliphatic carbocycles. The third-order valence-electron chi connectivity index (χ3n) is 5.96. The monoisotopic (exact) mass is 378 g/mol. The second-order valence-electron chi connectivity index (χ2n) is 8.54. The lowest BCUT2D eigenvalue weighted by atomic mass is 9.41. The minimum absolute atomic E-state index is 0.0158. The van der Waals surface area contributed by atoms with Crippen LogP contribution in [0, 0.1) is 5.41 Å². The van der Waals surface area contributed by atoms with Crippen molar-refractivity contribution < 1.29 is 31.5 Å². The average Bonchev–Trinajstić information content (AvgIpc) is 2.78. The van der Waals surface area contributed by atoms with Gasteiger partial charge >= 0.3 is 5.97 Å². The van der Waals surface area contributed by atoms with E-state index in [1.54, 1.807) is 6.92 Å². The Morgan fingerprint density at radius 3 is 2.19 bits per heavy atom. The molecule has 0 spiro atoms. The van der Waals surface area contributed by atoms with Crippen LogP contribution < -0.4 is 0 Å². The molecule has 2 bridgehead atoms. The highest BCUT2D eigenvalue weighted by Gasteiger charge is 2.72. The first kappa shape index (κ1) is 17.7. The van der Waals surface area contributed by atoms with Crippen LogP contribution in [0.5, 0.6) is 0 Å². The minimum Gasteiger partial charge on any atom is -0.464 e. The summed E-state index contributed by atoms with van der Waals surface area (Å²) in [7, 11) is 1.06. The lowest BCUT2D eigenvalue weighted by Gasteiger charge is -2.65. The number of carbonyl (C=O) groups is 1. The van der Waals surface area contributed by atoms with Crippen molar-refractivity contribution >= 4 is 5.97 Å². The average molecular weight is 378 g/mol. The van der Waals surface area contributed by atoms with Gasteiger partial charge in [0.2, 0.25) is 5.92 Å². The van der Waals surface area contributed by atoms with Crippen molar-refractivity contribution in [2.45, 2.75) is 69.0 Å². The number of alkyl halides is 5. The van der Waals surface area contributed by atoms with E-state index in [0.29, 0.717) is 0 Å². The van der Waals surface area contributed by atoms with Crippen LogP contribution in [-0.4, -0.2) is 34.5 Å². The van der Waals surface area contributed by atoms with Gasteiger partial charge in [0.05, 0.1) is 18.4 Å². The van der Waals surface area contributed by atoms with Crippen molar-refractivity contribution in [2.24, 2.45) is 5.41 Å². The summed E-state index contributed by atoms with van der Waals surface area (Å²) in [6, 6.07) is 0. The van der Waals surface area contributed by atoms with Gasteiger partial charge in [-0.05, 0) is 24.7 Å². The molecular formula is C17H19F5N2O2. The molecule has 4 aliphatic rings. The maximum atomic E-state index is 13.9. The molecule has 0 aromatic carbocycles. The van der Waals surface area contributed by atoms with Gasteiger partial charge in [-0.25, -0.2) is 26.7 Å². The molecule has 0 atom stereocenters. The molecule has 0 saturated heterocycles. The predicted octanol–water partition coefficient (Wildman–Crippen LogP) is 4.19. The number of halogens is 5. The lowest BCUT2D eigenvalue weighted by Crippen LogP contribution is -2.67. The zero-order valence-electron chi connectivity index (χ0n) is 14.4. The third kappa shape index (κ3) is 2.38. The van der Waals surface area contributed by atoms with Crippen LogP contribution in [-0.2, 0) is 16.7 Å². The molecule has 1 aromatic rings. The number of esters is 1. The van der Waals surface area contributed by atoms with E-state index in [-0.39, 0.29) is 31.5 Å². The van der Waals surface area contributed by atoms with Crippen molar-refractivity contribution in [2.75, 3.05) is 7.11 Å². The van der Waals surface area contributed by atoms with Crippen molar-refractivity contribution in [3.63, 3.8) is 0 Å². The first-order chi connectivity index (χ1) is 11.9. The fourth-order valence-electron chi connectivity index (χ4n) is 5.09. The Morgan fingerprint density at radius 1 is 1.19 bits per heavy atom. The molecule has 26 heavy (non-hydrogen) atoms. The fraction of sp³-hybridized carbons (Fsp3) is 0.765. The Bertz CT molecular complexity index is 761. The Labute approximate surface area is 146 Å². The van der Waals surface area contributed by atoms with Gasteiger partial charge in [0.15, 0.2) is 5.69 Å². The first-order valence-electron chi connectivity index (χ1n) is 8.46. The zero-order chi connectivity index (χ0) is 19.1. The van der Waals surface area contributed by atoms with E-state index in [0.717, 1.165) is 11.8 Å². The molecule has 1 aromatic heterocycles. The molecule has 9 heteroatoms. The lowest BCUT2D eigenvalue weighted by molar-refractivity contribution is -0.164. The van der Waals surface area contributed by atoms with Crippen LogP contribution in [0.15, 0.2) is 0 Å². The van der Waals surface area contributed by atoms with Crippen LogP contribution in [0.4, 0.5) is 22.0 Å². The van der Waals surface area contributed by atoms with Gasteiger partial charge < -0.3 is 4.74 Å². The maximum absolute atomic E-state index is 13.9. The normalized spacial score (nSPS) is 33.2. The molecule has 0 unspecified atom stereocenters. The Hall–Kier alpha value is -1.67. The standard InChI is InChI=1S/C17H19F5N2O2/c1-14(3-17(21,22)4-14)8-24-10(13(25)26-2)9(12(18)19)11(23-24)15-5-16(20,6-15)7-15/h12H,3-8H2,1-2H3. The number of carbonyl (C=O) groups excluding carboxylic acids is 1. The van der Waals surface area contributed by atoms with Crippen LogP contribution in [0.25, 0.3) is 0 Å². The number of methoxy groups -OCH3 is 1. The van der Waals surface area contributed by atoms with E-state index >= 15 is 0 Å². The third-order valence-corrected chi connectivity index (χ3v) is 5.96. The molecule has 4 nitrogen and oxygen atoms in total. The smallest absolute Gasteiger partial charge is 0.356 e. The van der Waals surface area contributed by atoms with E-state index in [1.807, 2.05) is 0 Å². The second-order valence-corrected chi connectivity index (χ2v) is 8.54. The second kappa shape index (κ2) is 4.98. The Kier molecular flexibility index (Phi) is 3.40. The van der Waals surface area contributed by atoms with Gasteiger partial charge in [-0.3, -0.25) is 4.68 Å². The Morgan fingerprint density at radius 2 is 1.77 bits per heavy atom. The van der Waals surface area contributed by atoms with Gasteiger partial charge in [-0.15, -0.1) is 0 Å². The molecule has 0 amide bonds. The van der Waals surface area contributed by atoms with E-state index in [2.05, 4.69) is 9.84 Å². The summed E-state index contributed by atoms with van der Waals surface area (Å²) in [5, 5.41) is 4.20. The molecule has 4 saturated carbocycles. The summed E-state index contributed by atoms with van der Waals surface area (Å²) >= 11 is 0. The summed E-state index contributed by atoms with van der Waals surface area (Å²) in [6.07, 6.45) is -3.49. The summed E-state index contributed by atoms with van der Waals surface area (Å²) in [5.74, 6) is -3.79. The van der Waals surface area contributed by atoms with Gasteiger partial charge in [-0.1, -0.05) is 6.92 Å². The molecule has 0 N–H and O–H groups in total. The summed E-state index contributed by atoms with van der Waals surface area (Å²) in [4.78, 5) is 12.2. The molecule has 1 heterocycles. The highest BCUT2D eigenvalue weighted by atomic mass is 19.3. The van der Waals surface area contributed by atoms with Gasteiger partial charge in [-0.2, -0.15) is 5.10 Å². The topological polar surface area (TPSA) is 44.1 Å². The molecule has 144 valence electrons. The first-order valence-corrected chi connectivity index (χ1v) is 8.46. The quantitative estimate of drug-likeness (QED) is 0.570. The molecule has 4 fully saturated rings. The van der Waals surface area contributed by atoms with E-state index < -0.39 is 58.9 Å². The zero-order valence-corrected chi connectivity index (χ0v) is 14.4. The Balaban J connectivity index is 1.74. The van der Waals surface area contributed by atoms with Crippen molar-refractivity contribution in [1.29, 1.82) is 0 Å². The number of hydrogen-bond donors (Lipinski definition) is 0. The SMILES string of the molecule is COC(=O)c1c(C(F)F)c(C23CC(F)(C2)C3)nn1CC1(C)CC(F)(F)C1. The predicted molar refractivity (Wildman–Crippen MR) is 80.2 cm³/mol. The fourth-order valence-corrected chi connectivity index (χ4v) is 5.09. The van der Waals surface area contributed by atoms with Crippen molar-refractivity contribution in [3.05, 3.63) is 17.0 Å². The molecule has 0 radical (unpaired) electrons. The molecule has 0 aliphatic heterocycles. The molecular weight excluding hydrogens is 359 g/mol. The highest BCUT2D eigenvalue weighted by Crippen LogP contribution is 2.70. The summed E-state index contributed by atoms with van der Waals surface area (Å²) in [6.45, 7) is 1.51. The van der Waals surface area contributed by atoms with Crippen molar-refractivity contribution in [3.8, 4) is 0 Å². The number of aromatic nitrogens is 2. The largest absolute Gasteiger partial charge is 0.464 e. The summed E-state index contributed by atoms with van der Waals surface area (Å²) < 4.78 is 73.7. The van der Waals surface area contributed by atoms with Crippen LogP contribution in [0.2, 0.25) is 0 Å². The highest BCUT2D eigenvalue weighted by molar-refractivity contribution is 5.90. The number of ether oxygens (including phenoxy) is 1. The van der Waals surface area contributed by atoms with Crippen LogP contribution >= 0.6 is 0 Å². The number of rotatable bonds is 5. The maximum Gasteiger partial charge on any atom is 0.356 e.